The fourth-order valence-corrected chi connectivity index (χ4v) is 6.09. The summed E-state index contributed by atoms with van der Waals surface area (Å²) in [5.74, 6) is -0.823. The van der Waals surface area contributed by atoms with E-state index in [-0.39, 0.29) is 53.0 Å². The summed E-state index contributed by atoms with van der Waals surface area (Å²) in [7, 11) is 0. The van der Waals surface area contributed by atoms with Gasteiger partial charge in [-0.3, -0.25) is 9.59 Å². The van der Waals surface area contributed by atoms with E-state index in [1.165, 1.54) is 24.3 Å². The molecule has 224 valence electrons. The van der Waals surface area contributed by atoms with Crippen molar-refractivity contribution in [2.75, 3.05) is 16.3 Å². The lowest BCUT2D eigenvalue weighted by Crippen LogP contribution is -2.45. The summed E-state index contributed by atoms with van der Waals surface area (Å²) in [5.41, 5.74) is -2.58. The van der Waals surface area contributed by atoms with E-state index in [1.807, 2.05) is 0 Å². The van der Waals surface area contributed by atoms with Crippen LogP contribution in [0.5, 0.6) is 0 Å². The van der Waals surface area contributed by atoms with Gasteiger partial charge in [-0.2, -0.15) is 13.2 Å². The first kappa shape index (κ1) is 33.0. The lowest BCUT2D eigenvalue weighted by molar-refractivity contribution is -0.136. The number of carbonyl (C=O) groups is 3. The maximum Gasteiger partial charge on any atom is 0.446 e. The Morgan fingerprint density at radius 1 is 1.00 bits per heavy atom. The number of aliphatic carboxylic acids is 1. The molecule has 1 aliphatic rings. The Kier molecular flexibility index (Phi) is 11.8. The number of rotatable bonds is 11. The SMILES string of the molecule is CC(C)(CI)C1CCC(N(Cc2ccc(C(=O)NCCC(=O)O)cc2)C(=O)Nc2ccc(SC(F)(F)F)cc2)CC1. The van der Waals surface area contributed by atoms with Crippen LogP contribution in [0.4, 0.5) is 23.7 Å². The first-order chi connectivity index (χ1) is 19.3. The molecule has 2 aromatic rings. The van der Waals surface area contributed by atoms with E-state index in [0.717, 1.165) is 35.7 Å². The molecule has 7 nitrogen and oxygen atoms in total. The van der Waals surface area contributed by atoms with Gasteiger partial charge in [-0.25, -0.2) is 4.79 Å². The average Bonchev–Trinajstić information content (AvgIpc) is 2.92. The van der Waals surface area contributed by atoms with E-state index in [1.54, 1.807) is 29.2 Å². The van der Waals surface area contributed by atoms with E-state index in [4.69, 9.17) is 5.11 Å². The molecule has 1 saturated carbocycles. The summed E-state index contributed by atoms with van der Waals surface area (Å²) in [6.07, 6.45) is 3.48. The highest BCUT2D eigenvalue weighted by molar-refractivity contribution is 14.1. The average molecular weight is 706 g/mol. The lowest BCUT2D eigenvalue weighted by atomic mass is 9.71. The molecule has 0 saturated heterocycles. The van der Waals surface area contributed by atoms with Gasteiger partial charge in [-0.05, 0) is 90.7 Å². The van der Waals surface area contributed by atoms with Gasteiger partial charge in [0, 0.05) is 39.7 Å². The number of carboxylic acids is 1. The fraction of sp³-hybridized carbons (Fsp3) is 0.483. The number of alkyl halides is 4. The lowest BCUT2D eigenvalue weighted by Gasteiger charge is -2.42. The third kappa shape index (κ3) is 10.4. The third-order valence-corrected chi connectivity index (χ3v) is 10.1. The predicted octanol–water partition coefficient (Wildman–Crippen LogP) is 7.56. The van der Waals surface area contributed by atoms with Crippen molar-refractivity contribution in [3.63, 3.8) is 0 Å². The van der Waals surface area contributed by atoms with Gasteiger partial charge < -0.3 is 20.6 Å². The van der Waals surface area contributed by atoms with Crippen LogP contribution in [0.15, 0.2) is 53.4 Å². The van der Waals surface area contributed by atoms with Crippen molar-refractivity contribution in [2.45, 2.75) is 68.9 Å². The van der Waals surface area contributed by atoms with E-state index in [0.29, 0.717) is 23.7 Å². The number of amides is 3. The normalized spacial score (nSPS) is 17.5. The van der Waals surface area contributed by atoms with Crippen LogP contribution >= 0.6 is 34.4 Å². The maximum absolute atomic E-state index is 13.5. The van der Waals surface area contributed by atoms with Crippen molar-refractivity contribution < 1.29 is 32.7 Å². The zero-order valence-electron chi connectivity index (χ0n) is 23.0. The summed E-state index contributed by atoms with van der Waals surface area (Å²) in [4.78, 5) is 38.3. The molecule has 0 unspecified atom stereocenters. The number of anilines is 1. The number of carboxylic acid groups (broad SMARTS) is 1. The largest absolute Gasteiger partial charge is 0.481 e. The highest BCUT2D eigenvalue weighted by Gasteiger charge is 2.35. The minimum Gasteiger partial charge on any atom is -0.481 e. The van der Waals surface area contributed by atoms with Gasteiger partial charge in [0.1, 0.15) is 0 Å². The minimum absolute atomic E-state index is 0.0182. The van der Waals surface area contributed by atoms with E-state index >= 15 is 0 Å². The Bertz CT molecular complexity index is 1190. The second-order valence-corrected chi connectivity index (χ2v) is 12.8. The molecule has 41 heavy (non-hydrogen) atoms. The minimum atomic E-state index is -4.39. The highest BCUT2D eigenvalue weighted by Crippen LogP contribution is 2.41. The molecule has 0 aliphatic heterocycles. The van der Waals surface area contributed by atoms with Crippen LogP contribution < -0.4 is 10.6 Å². The van der Waals surface area contributed by atoms with Gasteiger partial charge in [0.25, 0.3) is 5.91 Å². The zero-order valence-corrected chi connectivity index (χ0v) is 25.9. The monoisotopic (exact) mass is 705 g/mol. The summed E-state index contributed by atoms with van der Waals surface area (Å²) < 4.78 is 39.1. The number of halogens is 4. The molecule has 3 amide bonds. The van der Waals surface area contributed by atoms with Gasteiger partial charge in [0.15, 0.2) is 0 Å². The van der Waals surface area contributed by atoms with Crippen LogP contribution in [-0.4, -0.2) is 50.4 Å². The molecule has 3 rings (SSSR count). The maximum atomic E-state index is 13.5. The van der Waals surface area contributed by atoms with Crippen molar-refractivity contribution in [2.24, 2.45) is 11.3 Å². The van der Waals surface area contributed by atoms with Crippen LogP contribution in [0.25, 0.3) is 0 Å². The van der Waals surface area contributed by atoms with Crippen LogP contribution in [0.1, 0.15) is 61.9 Å². The molecule has 0 atom stereocenters. The number of hydrogen-bond acceptors (Lipinski definition) is 4. The van der Waals surface area contributed by atoms with Crippen molar-refractivity contribution >= 4 is 57.9 Å². The standard InChI is InChI=1S/C29H35F3IN3O4S/c1-28(2,18-33)21-7-11-23(12-8-21)36(27(40)35-22-9-13-24(14-10-22)41-29(30,31)32)17-19-3-5-20(6-4-19)26(39)34-16-15-25(37)38/h3-6,9-10,13-14,21,23H,7-8,11-12,15-18H2,1-2H3,(H,34,39)(H,35,40)(H,37,38). The van der Waals surface area contributed by atoms with Crippen LogP contribution in [0.2, 0.25) is 0 Å². The molecule has 0 radical (unpaired) electrons. The molecule has 0 bridgehead atoms. The van der Waals surface area contributed by atoms with E-state index < -0.39 is 11.5 Å². The van der Waals surface area contributed by atoms with Crippen molar-refractivity contribution in [1.82, 2.24) is 10.2 Å². The predicted molar refractivity (Wildman–Crippen MR) is 162 cm³/mol. The van der Waals surface area contributed by atoms with Crippen LogP contribution in [0, 0.1) is 11.3 Å². The number of thioether (sulfide) groups is 1. The summed E-state index contributed by atoms with van der Waals surface area (Å²) in [6, 6.07) is 12.0. The Balaban J connectivity index is 1.73. The fourth-order valence-electron chi connectivity index (χ4n) is 4.92. The number of hydrogen-bond donors (Lipinski definition) is 3. The molecular weight excluding hydrogens is 670 g/mol. The molecule has 3 N–H and O–H groups in total. The van der Waals surface area contributed by atoms with Crippen molar-refractivity contribution in [1.29, 1.82) is 0 Å². The van der Waals surface area contributed by atoms with Crippen molar-refractivity contribution in [3.8, 4) is 0 Å². The number of nitrogens with one attached hydrogen (secondary N) is 2. The second-order valence-electron chi connectivity index (χ2n) is 10.9. The van der Waals surface area contributed by atoms with Gasteiger partial charge >= 0.3 is 17.5 Å². The van der Waals surface area contributed by atoms with Gasteiger partial charge in [0.05, 0.1) is 6.42 Å². The molecule has 0 aromatic heterocycles. The van der Waals surface area contributed by atoms with E-state index in [9.17, 15) is 27.6 Å². The quantitative estimate of drug-likeness (QED) is 0.127. The molecule has 12 heteroatoms. The Morgan fingerprint density at radius 3 is 2.15 bits per heavy atom. The molecule has 1 aliphatic carbocycles. The number of benzene rings is 2. The molecule has 0 spiro atoms. The van der Waals surface area contributed by atoms with Gasteiger partial charge in [0.2, 0.25) is 0 Å². The summed E-state index contributed by atoms with van der Waals surface area (Å²) in [6.45, 7) is 4.86. The van der Waals surface area contributed by atoms with E-state index in [2.05, 4.69) is 47.1 Å². The van der Waals surface area contributed by atoms with Gasteiger partial charge in [-0.1, -0.05) is 48.6 Å². The van der Waals surface area contributed by atoms with Crippen LogP contribution in [-0.2, 0) is 11.3 Å². The molecular formula is C29H35F3IN3O4S. The molecule has 1 fully saturated rings. The second kappa shape index (κ2) is 14.6. The first-order valence-electron chi connectivity index (χ1n) is 13.4. The Labute approximate surface area is 256 Å². The van der Waals surface area contributed by atoms with Crippen LogP contribution in [0.3, 0.4) is 0 Å². The first-order valence-corrected chi connectivity index (χ1v) is 15.7. The summed E-state index contributed by atoms with van der Waals surface area (Å²) in [5, 5.41) is 14.2. The Hall–Kier alpha value is -2.48. The number of carbonyl (C=O) groups excluding carboxylic acids is 2. The highest BCUT2D eigenvalue weighted by atomic mass is 127. The summed E-state index contributed by atoms with van der Waals surface area (Å²) >= 11 is 2.22. The molecule has 2 aromatic carbocycles. The smallest absolute Gasteiger partial charge is 0.446 e. The van der Waals surface area contributed by atoms with Gasteiger partial charge in [-0.15, -0.1) is 0 Å². The Morgan fingerprint density at radius 2 is 1.61 bits per heavy atom. The number of nitrogens with zero attached hydrogens (tertiary/aromatic N) is 1. The zero-order chi connectivity index (χ0) is 30.2. The topological polar surface area (TPSA) is 98.7 Å². The molecule has 0 heterocycles. The van der Waals surface area contributed by atoms with Crippen molar-refractivity contribution in [3.05, 3.63) is 59.7 Å². The third-order valence-electron chi connectivity index (χ3n) is 7.38. The number of urea groups is 1.